The van der Waals surface area contributed by atoms with Gasteiger partial charge in [-0.3, -0.25) is 14.4 Å². The van der Waals surface area contributed by atoms with Gasteiger partial charge in [0.05, 0.1) is 34.1 Å². The minimum Gasteiger partial charge on any atom is -0.424 e. The molecule has 4 aromatic rings. The maximum atomic E-state index is 14.1. The fourth-order valence-corrected chi connectivity index (χ4v) is 10.2. The normalized spacial score (nSPS) is 17.2. The molecule has 2 saturated heterocycles. The Balaban J connectivity index is 0.975. The summed E-state index contributed by atoms with van der Waals surface area (Å²) in [4.78, 5) is 67.2. The first kappa shape index (κ1) is 51.0. The summed E-state index contributed by atoms with van der Waals surface area (Å²) in [6.07, 6.45) is 6.35. The van der Waals surface area contributed by atoms with Crippen molar-refractivity contribution in [1.29, 1.82) is 0 Å². The number of aromatic nitrogens is 2. The highest BCUT2D eigenvalue weighted by molar-refractivity contribution is 8.00. The predicted octanol–water partition coefficient (Wildman–Crippen LogP) is 6.38. The van der Waals surface area contributed by atoms with Crippen LogP contribution in [0.25, 0.3) is 27.4 Å². The molecule has 21 heteroatoms. The smallest absolute Gasteiger partial charge is 0.334 e. The number of ether oxygens (including phenoxy) is 1. The number of fused-ring (bicyclic) bond motifs is 1. The van der Waals surface area contributed by atoms with Crippen LogP contribution in [0.1, 0.15) is 92.7 Å². The Morgan fingerprint density at radius 1 is 0.941 bits per heavy atom. The van der Waals surface area contributed by atoms with E-state index in [0.717, 1.165) is 43.4 Å². The van der Waals surface area contributed by atoms with E-state index < -0.39 is 27.9 Å². The van der Waals surface area contributed by atoms with E-state index in [1.807, 2.05) is 31.7 Å². The second-order valence-electron chi connectivity index (χ2n) is 17.2. The molecule has 6 rings (SSSR count). The van der Waals surface area contributed by atoms with E-state index in [1.54, 1.807) is 41.9 Å². The van der Waals surface area contributed by atoms with Gasteiger partial charge < -0.3 is 31.3 Å². The van der Waals surface area contributed by atoms with Crippen molar-refractivity contribution in [3.63, 3.8) is 0 Å². The quantitative estimate of drug-likeness (QED) is 0.00856. The number of azide groups is 1. The van der Waals surface area contributed by atoms with Gasteiger partial charge in [-0.05, 0) is 124 Å². The number of aryl methyl sites for hydroxylation is 2. The largest absolute Gasteiger partial charge is 0.424 e. The van der Waals surface area contributed by atoms with E-state index in [2.05, 4.69) is 41.7 Å². The second kappa shape index (κ2) is 24.0. The molecule has 7 N–H and O–H groups in total. The summed E-state index contributed by atoms with van der Waals surface area (Å²) in [6, 6.07) is 18.2. The topological polar surface area (TPSA) is 281 Å². The molecular formula is C47H59N11O8S2. The molecule has 1 unspecified atom stereocenters. The van der Waals surface area contributed by atoms with Gasteiger partial charge in [0.15, 0.2) is 0 Å². The van der Waals surface area contributed by atoms with Gasteiger partial charge in [-0.1, -0.05) is 43.1 Å². The third kappa shape index (κ3) is 14.3. The molecule has 362 valence electrons. The molecule has 0 radical (unpaired) electrons. The first-order valence-electron chi connectivity index (χ1n) is 22.8. The predicted molar refractivity (Wildman–Crippen MR) is 259 cm³/mol. The standard InChI is InChI=1S/C47H59N11O8S2/c1-29-14-23-36(39-27-31(3)56-58(39)34-19-21-35(22-20-34)68(49,64)65)40(26-29)66-46(62)37(52-45(61)32-15-17-33(18-16-32)55-57-48)11-6-8-24-50-42(59)13-5-4-7-25-51-44(60)30(2)10-9-12-41-43-38(28-67-41)53-47(63)54-43/h14-23,26-27,30,37-38,41,43H,4-13,24-25,28H2,1-3H3,(H,50,59)(H,51,60)(H,52,61)(H2,49,64,65)(H2,53,54,63)/t30?,37-,38-,41-,43-/m0/s1. The third-order valence-electron chi connectivity index (χ3n) is 11.9. The van der Waals surface area contributed by atoms with E-state index in [1.165, 1.54) is 36.4 Å². The molecule has 0 saturated carbocycles. The molecule has 5 atom stereocenters. The molecule has 1 aromatic heterocycles. The minimum absolute atomic E-state index is 0.0274. The Morgan fingerprint density at radius 2 is 1.68 bits per heavy atom. The zero-order valence-corrected chi connectivity index (χ0v) is 40.0. The Labute approximate surface area is 400 Å². The van der Waals surface area contributed by atoms with E-state index in [-0.39, 0.29) is 58.5 Å². The van der Waals surface area contributed by atoms with Crippen LogP contribution >= 0.6 is 11.8 Å². The lowest BCUT2D eigenvalue weighted by Gasteiger charge is -2.19. The van der Waals surface area contributed by atoms with Crippen molar-refractivity contribution in [3.05, 3.63) is 100 Å². The van der Waals surface area contributed by atoms with Gasteiger partial charge in [0.2, 0.25) is 21.8 Å². The van der Waals surface area contributed by atoms with Crippen LogP contribution in [0.15, 0.2) is 82.8 Å². The van der Waals surface area contributed by atoms with Crippen LogP contribution in [-0.2, 0) is 24.4 Å². The van der Waals surface area contributed by atoms with E-state index in [9.17, 15) is 32.4 Å². The molecule has 68 heavy (non-hydrogen) atoms. The number of benzene rings is 3. The van der Waals surface area contributed by atoms with Crippen molar-refractivity contribution in [2.24, 2.45) is 16.2 Å². The molecule has 2 fully saturated rings. The van der Waals surface area contributed by atoms with E-state index in [0.29, 0.717) is 72.3 Å². The van der Waals surface area contributed by atoms with Crippen molar-refractivity contribution in [3.8, 4) is 22.7 Å². The number of unbranched alkanes of at least 4 members (excludes halogenated alkanes) is 3. The number of rotatable bonds is 24. The van der Waals surface area contributed by atoms with Gasteiger partial charge in [0.1, 0.15) is 11.8 Å². The Hall–Kier alpha value is -6.41. The molecule has 2 aliphatic heterocycles. The number of hydrogen-bond donors (Lipinski definition) is 6. The fourth-order valence-electron chi connectivity index (χ4n) is 8.15. The summed E-state index contributed by atoms with van der Waals surface area (Å²) < 4.78 is 31.5. The zero-order valence-electron chi connectivity index (χ0n) is 38.4. The molecule has 0 spiro atoms. The number of nitrogens with two attached hydrogens (primary N) is 1. The highest BCUT2D eigenvalue weighted by Crippen LogP contribution is 2.35. The number of carbonyl (C=O) groups excluding carboxylic acids is 5. The number of urea groups is 1. The van der Waals surface area contributed by atoms with Crippen LogP contribution in [0.4, 0.5) is 10.5 Å². The molecule has 5 amide bonds. The molecule has 2 aliphatic rings. The molecular weight excluding hydrogens is 911 g/mol. The van der Waals surface area contributed by atoms with Crippen LogP contribution < -0.4 is 36.5 Å². The summed E-state index contributed by atoms with van der Waals surface area (Å²) in [5.74, 6) is -0.315. The number of hydrogen-bond acceptors (Lipinski definition) is 11. The number of amides is 5. The van der Waals surface area contributed by atoms with Crippen molar-refractivity contribution in [2.75, 3.05) is 18.8 Å². The van der Waals surface area contributed by atoms with Gasteiger partial charge in [0, 0.05) is 58.2 Å². The van der Waals surface area contributed by atoms with Crippen LogP contribution in [0, 0.1) is 19.8 Å². The average molecular weight is 970 g/mol. The molecule has 19 nitrogen and oxygen atoms in total. The second-order valence-corrected chi connectivity index (χ2v) is 20.0. The number of sulfonamides is 1. The summed E-state index contributed by atoms with van der Waals surface area (Å²) in [6.45, 7) is 6.48. The fraction of sp³-hybridized carbons (Fsp3) is 0.447. The van der Waals surface area contributed by atoms with E-state index >= 15 is 0 Å². The maximum Gasteiger partial charge on any atom is 0.334 e. The van der Waals surface area contributed by atoms with Gasteiger partial charge >= 0.3 is 12.0 Å². The van der Waals surface area contributed by atoms with Crippen LogP contribution in [0.5, 0.6) is 5.75 Å². The molecule has 3 heterocycles. The average Bonchev–Trinajstić information content (AvgIpc) is 4.00. The molecule has 0 bridgehead atoms. The van der Waals surface area contributed by atoms with Gasteiger partial charge in [-0.25, -0.2) is 27.8 Å². The molecule has 0 aliphatic carbocycles. The SMILES string of the molecule is Cc1ccc(-c2cc(C)nn2-c2ccc(S(N)(=O)=O)cc2)c(OC(=O)[C@H](CCCCNC(=O)CCCCCNC(=O)C(C)CCC[C@@H]2SC[C@@H]3NC(=O)N[C@@H]32)NC(=O)c2ccc(N=[N+]=[N-])cc2)c1. The Morgan fingerprint density at radius 3 is 2.41 bits per heavy atom. The van der Waals surface area contributed by atoms with Gasteiger partial charge in [-0.2, -0.15) is 16.9 Å². The first-order chi connectivity index (χ1) is 32.6. The highest BCUT2D eigenvalue weighted by Gasteiger charge is 2.42. The zero-order chi connectivity index (χ0) is 48.8. The molecule has 3 aromatic carbocycles. The van der Waals surface area contributed by atoms with Gasteiger partial charge in [0.25, 0.3) is 5.91 Å². The number of carbonyl (C=O) groups is 5. The van der Waals surface area contributed by atoms with Crippen LogP contribution in [0.2, 0.25) is 0 Å². The van der Waals surface area contributed by atoms with Crippen molar-refractivity contribution in [1.82, 2.24) is 36.4 Å². The number of thioether (sulfide) groups is 1. The van der Waals surface area contributed by atoms with Crippen LogP contribution in [0.3, 0.4) is 0 Å². The summed E-state index contributed by atoms with van der Waals surface area (Å²) >= 11 is 1.87. The number of nitrogens with one attached hydrogen (secondary N) is 5. The number of nitrogens with zero attached hydrogens (tertiary/aromatic N) is 5. The summed E-state index contributed by atoms with van der Waals surface area (Å²) in [7, 11) is -3.92. The van der Waals surface area contributed by atoms with Crippen LogP contribution in [-0.4, -0.2) is 90.1 Å². The lowest BCUT2D eigenvalue weighted by molar-refractivity contribution is -0.136. The Kier molecular flexibility index (Phi) is 18.0. The first-order valence-corrected chi connectivity index (χ1v) is 25.4. The van der Waals surface area contributed by atoms with Crippen molar-refractivity contribution in [2.45, 2.75) is 113 Å². The lowest BCUT2D eigenvalue weighted by Crippen LogP contribution is -2.43. The Bertz CT molecular complexity index is 2600. The lowest BCUT2D eigenvalue weighted by atomic mass is 9.98. The van der Waals surface area contributed by atoms with Crippen molar-refractivity contribution < 1.29 is 37.1 Å². The maximum absolute atomic E-state index is 14.1. The monoisotopic (exact) mass is 969 g/mol. The summed E-state index contributed by atoms with van der Waals surface area (Å²) in [5, 5.41) is 28.6. The highest BCUT2D eigenvalue weighted by atomic mass is 32.2. The number of primary sulfonamides is 1. The number of esters is 1. The van der Waals surface area contributed by atoms with E-state index in [4.69, 9.17) is 15.4 Å². The van der Waals surface area contributed by atoms with Gasteiger partial charge in [-0.15, -0.1) is 0 Å². The van der Waals surface area contributed by atoms with Crippen molar-refractivity contribution >= 4 is 57.2 Å². The summed E-state index contributed by atoms with van der Waals surface area (Å²) in [5.41, 5.74) is 12.4. The third-order valence-corrected chi connectivity index (χ3v) is 14.3. The minimum atomic E-state index is -3.92.